The lowest BCUT2D eigenvalue weighted by Crippen LogP contribution is -2.45. The van der Waals surface area contributed by atoms with Gasteiger partial charge in [-0.15, -0.1) is 0 Å². The van der Waals surface area contributed by atoms with Crippen LogP contribution in [0.1, 0.15) is 104 Å². The number of nitrogens with one attached hydrogen (secondary N) is 1. The van der Waals surface area contributed by atoms with Crippen LogP contribution in [0.4, 0.5) is 0 Å². The van der Waals surface area contributed by atoms with E-state index in [9.17, 15) is 19.4 Å². The number of phosphoric ester groups is 1. The Bertz CT molecular complexity index is 693. The molecule has 0 heterocycles. The molecule has 3 N–H and O–H groups in total. The van der Waals surface area contributed by atoms with Gasteiger partial charge in [-0.25, -0.2) is 4.57 Å². The molecule has 8 nitrogen and oxygen atoms in total. The summed E-state index contributed by atoms with van der Waals surface area (Å²) < 4.78 is 23.1. The van der Waals surface area contributed by atoms with Crippen molar-refractivity contribution < 1.29 is 32.9 Å². The van der Waals surface area contributed by atoms with Crippen LogP contribution in [-0.2, 0) is 18.4 Å². The third-order valence-electron chi connectivity index (χ3n) is 6.15. The fourth-order valence-corrected chi connectivity index (χ4v) is 4.42. The summed E-state index contributed by atoms with van der Waals surface area (Å²) in [5.41, 5.74) is 0. The minimum Gasteiger partial charge on any atom is -0.387 e. The van der Waals surface area contributed by atoms with Crippen molar-refractivity contribution in [3.05, 3.63) is 24.3 Å². The first kappa shape index (κ1) is 37.0. The molecule has 3 unspecified atom stereocenters. The molecule has 0 aliphatic carbocycles. The van der Waals surface area contributed by atoms with Gasteiger partial charge in [-0.1, -0.05) is 83.1 Å². The molecule has 0 spiro atoms. The van der Waals surface area contributed by atoms with E-state index in [0.29, 0.717) is 17.4 Å². The monoisotopic (exact) mass is 561 g/mol. The number of hydrogen-bond acceptors (Lipinski definition) is 5. The first-order valence-electron chi connectivity index (χ1n) is 14.7. The molecule has 38 heavy (non-hydrogen) atoms. The van der Waals surface area contributed by atoms with Crippen molar-refractivity contribution in [2.24, 2.45) is 0 Å². The first-order chi connectivity index (χ1) is 18.0. The second-order valence-electron chi connectivity index (χ2n) is 11.1. The van der Waals surface area contributed by atoms with Crippen molar-refractivity contribution in [2.45, 2.75) is 116 Å². The van der Waals surface area contributed by atoms with Crippen molar-refractivity contribution in [3.8, 4) is 0 Å². The molecule has 0 saturated heterocycles. The molecule has 3 atom stereocenters. The number of quaternary nitrogens is 1. The highest BCUT2D eigenvalue weighted by molar-refractivity contribution is 7.47. The van der Waals surface area contributed by atoms with Gasteiger partial charge in [-0.05, 0) is 38.5 Å². The van der Waals surface area contributed by atoms with Crippen LogP contribution >= 0.6 is 7.82 Å². The van der Waals surface area contributed by atoms with Gasteiger partial charge >= 0.3 is 7.82 Å². The standard InChI is InChI=1S/C29H57N2O6P/c1-6-8-10-12-14-15-16-17-19-21-23-29(33)30-27(28(32)22-20-18-13-11-9-7-2)26-37-38(34,35)36-25-24-31(3,4)5/h10,12,20,22,27-28,32H,6-9,11,13-19,21,23-26H2,1-5H3,(H-,30,33,34,35)/p+1/b12-10-,22-20+. The van der Waals surface area contributed by atoms with Crippen molar-refractivity contribution >= 4 is 13.7 Å². The van der Waals surface area contributed by atoms with Crippen molar-refractivity contribution in [3.63, 3.8) is 0 Å². The van der Waals surface area contributed by atoms with Gasteiger partial charge in [0, 0.05) is 6.42 Å². The number of hydrogen-bond donors (Lipinski definition) is 3. The summed E-state index contributed by atoms with van der Waals surface area (Å²) in [6.45, 7) is 4.61. The molecule has 9 heteroatoms. The molecule has 0 aromatic carbocycles. The molecule has 0 bridgehead atoms. The highest BCUT2D eigenvalue weighted by Crippen LogP contribution is 2.43. The van der Waals surface area contributed by atoms with Gasteiger partial charge in [0.15, 0.2) is 0 Å². The fraction of sp³-hybridized carbons (Fsp3) is 0.828. The molecule has 1 amide bonds. The Morgan fingerprint density at radius 3 is 2.13 bits per heavy atom. The van der Waals surface area contributed by atoms with E-state index in [1.165, 1.54) is 19.3 Å². The number of phosphoric acid groups is 1. The quantitative estimate of drug-likeness (QED) is 0.0524. The van der Waals surface area contributed by atoms with Crippen molar-refractivity contribution in [2.75, 3.05) is 40.9 Å². The largest absolute Gasteiger partial charge is 0.472 e. The fourth-order valence-electron chi connectivity index (χ4n) is 3.69. The third kappa shape index (κ3) is 24.1. The van der Waals surface area contributed by atoms with Gasteiger partial charge in [0.25, 0.3) is 0 Å². The number of rotatable bonds is 25. The van der Waals surface area contributed by atoms with Crippen LogP contribution in [0, 0.1) is 0 Å². The Morgan fingerprint density at radius 1 is 0.868 bits per heavy atom. The summed E-state index contributed by atoms with van der Waals surface area (Å²) in [7, 11) is 1.55. The molecule has 0 aliphatic rings. The molecule has 0 radical (unpaired) electrons. The summed E-state index contributed by atoms with van der Waals surface area (Å²) in [6.07, 6.45) is 21.3. The SMILES string of the molecule is CCC/C=C\CCCCCCCC(=O)NC(COP(=O)(O)OCC[N+](C)(C)C)C(O)/C=C/CCCCCC. The molecule has 224 valence electrons. The minimum atomic E-state index is -4.31. The Hall–Kier alpha value is -1.02. The lowest BCUT2D eigenvalue weighted by Gasteiger charge is -2.25. The van der Waals surface area contributed by atoms with E-state index in [4.69, 9.17) is 9.05 Å². The maximum Gasteiger partial charge on any atom is 0.472 e. The predicted molar refractivity (Wildman–Crippen MR) is 157 cm³/mol. The van der Waals surface area contributed by atoms with E-state index in [0.717, 1.165) is 64.2 Å². The van der Waals surface area contributed by atoms with Crippen molar-refractivity contribution in [1.82, 2.24) is 5.32 Å². The van der Waals surface area contributed by atoms with Crippen LogP contribution in [0.3, 0.4) is 0 Å². The summed E-state index contributed by atoms with van der Waals surface area (Å²) in [6, 6.07) is -0.841. The summed E-state index contributed by atoms with van der Waals surface area (Å²) in [5, 5.41) is 13.5. The summed E-state index contributed by atoms with van der Waals surface area (Å²) in [4.78, 5) is 22.6. The number of likely N-dealkylation sites (N-methyl/N-ethyl adjacent to an activating group) is 1. The molecule has 0 aliphatic heterocycles. The van der Waals surface area contributed by atoms with E-state index in [1.807, 2.05) is 27.2 Å². The predicted octanol–water partition coefficient (Wildman–Crippen LogP) is 6.29. The van der Waals surface area contributed by atoms with E-state index < -0.39 is 20.0 Å². The molecule has 0 aromatic heterocycles. The number of aliphatic hydroxyl groups is 1. The van der Waals surface area contributed by atoms with Crippen LogP contribution in [0.15, 0.2) is 24.3 Å². The van der Waals surface area contributed by atoms with Crippen LogP contribution in [-0.4, -0.2) is 73.4 Å². The number of aliphatic hydroxyl groups excluding tert-OH is 1. The number of nitrogens with zero attached hydrogens (tertiary/aromatic N) is 1. The minimum absolute atomic E-state index is 0.0591. The Labute approximate surface area is 233 Å². The molecule has 0 rings (SSSR count). The van der Waals surface area contributed by atoms with Crippen LogP contribution in [0.25, 0.3) is 0 Å². The highest BCUT2D eigenvalue weighted by Gasteiger charge is 2.27. The molecular formula is C29H58N2O6P+. The Morgan fingerprint density at radius 2 is 1.47 bits per heavy atom. The molecular weight excluding hydrogens is 503 g/mol. The number of amides is 1. The average molecular weight is 562 g/mol. The lowest BCUT2D eigenvalue weighted by atomic mass is 10.1. The number of carbonyl (C=O) groups is 1. The van der Waals surface area contributed by atoms with E-state index in [1.54, 1.807) is 6.08 Å². The highest BCUT2D eigenvalue weighted by atomic mass is 31.2. The second-order valence-corrected chi connectivity index (χ2v) is 12.6. The zero-order valence-corrected chi connectivity index (χ0v) is 25.8. The Kier molecular flexibility index (Phi) is 22.1. The third-order valence-corrected chi connectivity index (χ3v) is 7.13. The van der Waals surface area contributed by atoms with Crippen LogP contribution < -0.4 is 5.32 Å². The van der Waals surface area contributed by atoms with Gasteiger partial charge in [-0.3, -0.25) is 13.8 Å². The van der Waals surface area contributed by atoms with E-state index >= 15 is 0 Å². The summed E-state index contributed by atoms with van der Waals surface area (Å²) in [5.74, 6) is -0.199. The van der Waals surface area contributed by atoms with Gasteiger partial charge in [0.05, 0.1) is 39.9 Å². The topological polar surface area (TPSA) is 105 Å². The molecule has 0 saturated carbocycles. The normalized spacial score (nSPS) is 15.7. The number of allylic oxidation sites excluding steroid dienone is 3. The zero-order valence-electron chi connectivity index (χ0n) is 24.9. The maximum absolute atomic E-state index is 12.6. The van der Waals surface area contributed by atoms with Gasteiger partial charge in [-0.2, -0.15) is 0 Å². The van der Waals surface area contributed by atoms with E-state index in [2.05, 4.69) is 31.3 Å². The first-order valence-corrected chi connectivity index (χ1v) is 16.2. The van der Waals surface area contributed by atoms with Gasteiger partial charge < -0.3 is 19.8 Å². The smallest absolute Gasteiger partial charge is 0.387 e. The van der Waals surface area contributed by atoms with Crippen molar-refractivity contribution in [1.29, 1.82) is 0 Å². The average Bonchev–Trinajstić information content (AvgIpc) is 2.84. The lowest BCUT2D eigenvalue weighted by molar-refractivity contribution is -0.870. The van der Waals surface area contributed by atoms with Crippen LogP contribution in [0.5, 0.6) is 0 Å². The van der Waals surface area contributed by atoms with Gasteiger partial charge in [0.1, 0.15) is 13.2 Å². The molecule has 0 fully saturated rings. The summed E-state index contributed by atoms with van der Waals surface area (Å²) >= 11 is 0. The molecule has 0 aromatic rings. The Balaban J connectivity index is 4.66. The van der Waals surface area contributed by atoms with Gasteiger partial charge in [0.2, 0.25) is 5.91 Å². The van der Waals surface area contributed by atoms with E-state index in [-0.39, 0.29) is 19.1 Å². The maximum atomic E-state index is 12.6. The second kappa shape index (κ2) is 22.8. The zero-order chi connectivity index (χ0) is 28.7. The number of unbranched alkanes of at least 4 members (excludes halogenated alkanes) is 10. The van der Waals surface area contributed by atoms with Crippen LogP contribution in [0.2, 0.25) is 0 Å². The number of carbonyl (C=O) groups excluding carboxylic acids is 1.